The van der Waals surface area contributed by atoms with Crippen LogP contribution in [0.4, 0.5) is 5.95 Å². The second kappa shape index (κ2) is 8.87. The number of aromatic nitrogens is 3. The van der Waals surface area contributed by atoms with Crippen LogP contribution in [-0.2, 0) is 17.1 Å². The van der Waals surface area contributed by atoms with Crippen LogP contribution in [0.15, 0.2) is 70.6 Å². The maximum absolute atomic E-state index is 13.4. The molecule has 2 fully saturated rings. The minimum atomic E-state index is -3.53. The lowest BCUT2D eigenvalue weighted by atomic mass is 9.70. The summed E-state index contributed by atoms with van der Waals surface area (Å²) >= 11 is 0. The van der Waals surface area contributed by atoms with Gasteiger partial charge in [-0.2, -0.15) is 4.31 Å². The molecule has 1 saturated carbocycles. The normalized spacial score (nSPS) is 24.8. The summed E-state index contributed by atoms with van der Waals surface area (Å²) in [6.45, 7) is 2.74. The molecule has 2 aliphatic rings. The van der Waals surface area contributed by atoms with Gasteiger partial charge in [-0.15, -0.1) is 0 Å². The van der Waals surface area contributed by atoms with Gasteiger partial charge >= 0.3 is 0 Å². The van der Waals surface area contributed by atoms with Gasteiger partial charge in [0.2, 0.25) is 16.0 Å². The molecule has 0 bridgehead atoms. The summed E-state index contributed by atoms with van der Waals surface area (Å²) in [5.41, 5.74) is 1.22. The first-order valence-electron chi connectivity index (χ1n) is 12.0. The van der Waals surface area contributed by atoms with E-state index in [2.05, 4.69) is 16.8 Å². The van der Waals surface area contributed by atoms with Crippen LogP contribution >= 0.6 is 0 Å². The van der Waals surface area contributed by atoms with E-state index in [0.29, 0.717) is 23.1 Å². The third kappa shape index (κ3) is 4.16. The fourth-order valence-corrected chi connectivity index (χ4v) is 7.58. The molecule has 0 radical (unpaired) electrons. The number of pyridine rings is 1. The van der Waals surface area contributed by atoms with Gasteiger partial charge in [0, 0.05) is 56.7 Å². The van der Waals surface area contributed by atoms with Gasteiger partial charge in [0.15, 0.2) is 0 Å². The standard InChI is InChI=1S/C26H31N5O3S/c1-26-13-16-31(35(33,34)21-7-5-4-6-8-21)23(26)10-9-20(18-26)29(2)25-28-22(17-24(32)30(25)3)19-11-14-27-15-12-19/h4-8,11-12,14-15,17,20,23H,9-10,13,16,18H2,1-3H3/t20-,23-,26+/m1/s1. The molecular weight excluding hydrogens is 462 g/mol. The number of hydrogen-bond acceptors (Lipinski definition) is 6. The molecular formula is C26H31N5O3S. The van der Waals surface area contributed by atoms with Gasteiger partial charge in [-0.1, -0.05) is 25.1 Å². The smallest absolute Gasteiger partial charge is 0.255 e. The molecule has 0 amide bonds. The maximum atomic E-state index is 13.4. The van der Waals surface area contributed by atoms with Gasteiger partial charge in [-0.05, 0) is 55.4 Å². The molecule has 5 rings (SSSR count). The molecule has 8 nitrogen and oxygen atoms in total. The Bertz CT molecular complexity index is 1380. The van der Waals surface area contributed by atoms with Crippen molar-refractivity contribution in [1.82, 2.24) is 18.8 Å². The number of benzene rings is 1. The van der Waals surface area contributed by atoms with Crippen LogP contribution in [-0.4, -0.2) is 52.9 Å². The third-order valence-electron chi connectivity index (χ3n) is 7.83. The van der Waals surface area contributed by atoms with Crippen molar-refractivity contribution < 1.29 is 8.42 Å². The molecule has 3 atom stereocenters. The Balaban J connectivity index is 1.40. The summed E-state index contributed by atoms with van der Waals surface area (Å²) in [4.78, 5) is 24.1. The minimum absolute atomic E-state index is 0.0303. The highest BCUT2D eigenvalue weighted by Gasteiger charge is 2.52. The van der Waals surface area contributed by atoms with Crippen LogP contribution in [0.3, 0.4) is 0 Å². The molecule has 0 N–H and O–H groups in total. The maximum Gasteiger partial charge on any atom is 0.255 e. The largest absolute Gasteiger partial charge is 0.342 e. The van der Waals surface area contributed by atoms with Crippen molar-refractivity contribution in [3.63, 3.8) is 0 Å². The Morgan fingerprint density at radius 1 is 1.09 bits per heavy atom. The molecule has 9 heteroatoms. The summed E-state index contributed by atoms with van der Waals surface area (Å²) in [6.07, 6.45) is 6.63. The number of sulfonamides is 1. The SMILES string of the molecule is CN(c1nc(-c2ccncc2)cc(=O)n1C)[C@@H]1CC[C@H]2N(S(=O)(=O)c3ccccc3)CC[C@@]2(C)C1. The summed E-state index contributed by atoms with van der Waals surface area (Å²) < 4.78 is 30.1. The summed E-state index contributed by atoms with van der Waals surface area (Å²) in [7, 11) is 0.202. The molecule has 0 spiro atoms. The van der Waals surface area contributed by atoms with E-state index in [-0.39, 0.29) is 23.1 Å². The van der Waals surface area contributed by atoms with Crippen molar-refractivity contribution >= 4 is 16.0 Å². The molecule has 3 heterocycles. The average Bonchev–Trinajstić information content (AvgIpc) is 3.23. The predicted octanol–water partition coefficient (Wildman–Crippen LogP) is 3.30. The fraction of sp³-hybridized carbons (Fsp3) is 0.423. The van der Waals surface area contributed by atoms with Gasteiger partial charge in [-0.3, -0.25) is 14.3 Å². The number of hydrogen-bond donors (Lipinski definition) is 0. The fourth-order valence-electron chi connectivity index (χ4n) is 5.78. The van der Waals surface area contributed by atoms with E-state index < -0.39 is 10.0 Å². The van der Waals surface area contributed by atoms with Crippen LogP contribution in [0.1, 0.15) is 32.6 Å². The highest BCUT2D eigenvalue weighted by atomic mass is 32.2. The summed E-state index contributed by atoms with van der Waals surface area (Å²) in [5, 5.41) is 0. The van der Waals surface area contributed by atoms with Gasteiger partial charge in [-0.25, -0.2) is 13.4 Å². The Morgan fingerprint density at radius 3 is 2.51 bits per heavy atom. The molecule has 1 saturated heterocycles. The molecule has 184 valence electrons. The second-order valence-electron chi connectivity index (χ2n) is 9.97. The lowest BCUT2D eigenvalue weighted by Gasteiger charge is -2.45. The molecule has 1 aromatic carbocycles. The third-order valence-corrected chi connectivity index (χ3v) is 9.75. The lowest BCUT2D eigenvalue weighted by molar-refractivity contribution is 0.143. The Labute approximate surface area is 206 Å². The molecule has 35 heavy (non-hydrogen) atoms. The van der Waals surface area contributed by atoms with Crippen molar-refractivity contribution in [3.05, 3.63) is 71.3 Å². The van der Waals surface area contributed by atoms with Crippen LogP contribution in [0, 0.1) is 5.41 Å². The van der Waals surface area contributed by atoms with E-state index in [1.54, 1.807) is 58.6 Å². The van der Waals surface area contributed by atoms with Gasteiger partial charge in [0.25, 0.3) is 5.56 Å². The Hall–Kier alpha value is -3.04. The Morgan fingerprint density at radius 2 is 1.80 bits per heavy atom. The van der Waals surface area contributed by atoms with Crippen LogP contribution in [0.5, 0.6) is 0 Å². The van der Waals surface area contributed by atoms with Gasteiger partial charge in [0.05, 0.1) is 10.6 Å². The molecule has 0 unspecified atom stereocenters. The van der Waals surface area contributed by atoms with Gasteiger partial charge in [0.1, 0.15) is 0 Å². The number of rotatable bonds is 5. The first-order chi connectivity index (χ1) is 16.7. The number of nitrogens with zero attached hydrogens (tertiary/aromatic N) is 5. The van der Waals surface area contributed by atoms with Crippen molar-refractivity contribution in [3.8, 4) is 11.3 Å². The number of fused-ring (bicyclic) bond motifs is 1. The van der Waals surface area contributed by atoms with Crippen LogP contribution in [0.25, 0.3) is 11.3 Å². The zero-order chi connectivity index (χ0) is 24.8. The quantitative estimate of drug-likeness (QED) is 0.542. The lowest BCUT2D eigenvalue weighted by Crippen LogP contribution is -2.50. The van der Waals surface area contributed by atoms with Crippen LogP contribution in [0.2, 0.25) is 0 Å². The minimum Gasteiger partial charge on any atom is -0.342 e. The predicted molar refractivity (Wildman–Crippen MR) is 136 cm³/mol. The molecule has 1 aliphatic carbocycles. The first kappa shape index (κ1) is 23.7. The van der Waals surface area contributed by atoms with E-state index in [1.807, 2.05) is 25.2 Å². The zero-order valence-corrected chi connectivity index (χ0v) is 21.1. The zero-order valence-electron chi connectivity index (χ0n) is 20.3. The molecule has 3 aromatic rings. The van der Waals surface area contributed by atoms with Crippen molar-refractivity contribution in [2.24, 2.45) is 12.5 Å². The topological polar surface area (TPSA) is 88.4 Å². The molecule has 2 aromatic heterocycles. The number of anilines is 1. The van der Waals surface area contributed by atoms with Gasteiger partial charge < -0.3 is 4.90 Å². The monoisotopic (exact) mass is 493 g/mol. The van der Waals surface area contributed by atoms with Crippen molar-refractivity contribution in [2.75, 3.05) is 18.5 Å². The Kier molecular flexibility index (Phi) is 6.01. The summed E-state index contributed by atoms with van der Waals surface area (Å²) in [5.74, 6) is 0.614. The van der Waals surface area contributed by atoms with E-state index in [0.717, 1.165) is 31.2 Å². The van der Waals surface area contributed by atoms with E-state index >= 15 is 0 Å². The van der Waals surface area contributed by atoms with E-state index in [9.17, 15) is 13.2 Å². The van der Waals surface area contributed by atoms with E-state index in [1.165, 1.54) is 0 Å². The van der Waals surface area contributed by atoms with Crippen molar-refractivity contribution in [1.29, 1.82) is 0 Å². The van der Waals surface area contributed by atoms with Crippen LogP contribution < -0.4 is 10.5 Å². The van der Waals surface area contributed by atoms with E-state index in [4.69, 9.17) is 4.98 Å². The second-order valence-corrected chi connectivity index (χ2v) is 11.9. The highest BCUT2D eigenvalue weighted by molar-refractivity contribution is 7.89. The summed E-state index contributed by atoms with van der Waals surface area (Å²) in [6, 6.07) is 14.1. The first-order valence-corrected chi connectivity index (χ1v) is 13.4. The van der Waals surface area contributed by atoms with Crippen molar-refractivity contribution in [2.45, 2.75) is 49.6 Å². The average molecular weight is 494 g/mol. The highest BCUT2D eigenvalue weighted by Crippen LogP contribution is 2.49. The molecule has 1 aliphatic heterocycles.